The van der Waals surface area contributed by atoms with Gasteiger partial charge >= 0.3 is 12.0 Å². The van der Waals surface area contributed by atoms with Crippen LogP contribution >= 0.6 is 0 Å². The van der Waals surface area contributed by atoms with Crippen LogP contribution in [0.1, 0.15) is 90.2 Å². The Balaban J connectivity index is 1.16. The first-order chi connectivity index (χ1) is 34.2. The lowest BCUT2D eigenvalue weighted by molar-refractivity contribution is -0.156. The van der Waals surface area contributed by atoms with Crippen LogP contribution < -0.4 is 10.7 Å². The number of ether oxygens (including phenoxy) is 3. The second-order valence-electron chi connectivity index (χ2n) is 21.0. The highest BCUT2D eigenvalue weighted by molar-refractivity contribution is 6.29. The third-order valence-corrected chi connectivity index (χ3v) is 15.3. The van der Waals surface area contributed by atoms with E-state index >= 15 is 9.18 Å². The number of hydrogen-bond donors (Lipinski definition) is 2. The van der Waals surface area contributed by atoms with E-state index in [0.717, 1.165) is 39.0 Å². The monoisotopic (exact) mass is 1000 g/mol. The van der Waals surface area contributed by atoms with Crippen LogP contribution in [-0.2, 0) is 52.8 Å². The third-order valence-electron chi connectivity index (χ3n) is 14.8. The van der Waals surface area contributed by atoms with Crippen molar-refractivity contribution in [3.05, 3.63) is 90.0 Å². The van der Waals surface area contributed by atoms with E-state index in [1.807, 2.05) is 45.0 Å². The molecule has 3 radical (unpaired) electrons. The van der Waals surface area contributed by atoms with Crippen molar-refractivity contribution in [1.82, 2.24) is 40.0 Å². The number of cyclic esters (lactones) is 1. The molecule has 3 fully saturated rings. The summed E-state index contributed by atoms with van der Waals surface area (Å²) in [6.07, 6.45) is 4.85. The number of hydrogen-bond acceptors (Lipinski definition) is 10. The van der Waals surface area contributed by atoms with Gasteiger partial charge in [-0.3, -0.25) is 29.2 Å². The molecule has 8 rings (SSSR count). The normalized spacial score (nSPS) is 22.1. The summed E-state index contributed by atoms with van der Waals surface area (Å²) in [4.78, 5) is 79.9. The van der Waals surface area contributed by atoms with Gasteiger partial charge in [0.2, 0.25) is 11.8 Å². The SMILES string of the molecule is C=CC(=O)N1COC2(CCN(C(=O)N(C)[C@H](C(=O)NC3([Si])Cc4cc(F)cc(c4)-c4ccc5c(c4)c(c(-c4cccnc4[C@H](C)OC)n5CC)CC(C)(C)COC(=O)[C@@H]4CCCN(N4)C3=O)C(C)C)CC2)C1. The van der Waals surface area contributed by atoms with Gasteiger partial charge in [0.05, 0.1) is 46.5 Å². The van der Waals surface area contributed by atoms with Crippen LogP contribution in [0.2, 0.25) is 0 Å². The number of hydrazine groups is 1. The fourth-order valence-electron chi connectivity index (χ4n) is 11.0. The number of halogens is 1. The maximum absolute atomic E-state index is 16.2. The molecule has 16 nitrogen and oxygen atoms in total. The number of carbonyl (C=O) groups is 5. The number of aromatic nitrogens is 2. The molecule has 3 saturated heterocycles. The van der Waals surface area contributed by atoms with E-state index in [-0.39, 0.29) is 44.3 Å². The Kier molecular flexibility index (Phi) is 15.2. The maximum Gasteiger partial charge on any atom is 0.324 e. The van der Waals surface area contributed by atoms with Crippen molar-refractivity contribution in [3.8, 4) is 22.4 Å². The van der Waals surface area contributed by atoms with E-state index in [4.69, 9.17) is 19.2 Å². The zero-order valence-corrected chi connectivity index (χ0v) is 43.8. The molecule has 5 amide bonds. The summed E-state index contributed by atoms with van der Waals surface area (Å²) in [6.45, 7) is 17.5. The number of pyridine rings is 1. The summed E-state index contributed by atoms with van der Waals surface area (Å²) in [5.41, 5.74) is 8.29. The number of piperidine rings is 1. The van der Waals surface area contributed by atoms with E-state index in [1.54, 1.807) is 30.2 Å². The number of fused-ring (bicyclic) bond motifs is 6. The van der Waals surface area contributed by atoms with Crippen molar-refractivity contribution >= 4 is 50.9 Å². The number of nitrogens with zero attached hydrogens (tertiary/aromatic N) is 6. The van der Waals surface area contributed by atoms with Gasteiger partial charge in [0, 0.05) is 74.8 Å². The van der Waals surface area contributed by atoms with Gasteiger partial charge in [-0.2, -0.15) is 0 Å². The Bertz CT molecular complexity index is 2760. The standard InChI is InChI=1S/C54H68FN8O8Si/c1-10-44(64)61-30-53(71-32-61)18-22-60(23-19-53)51(68)59(8)46(33(3)4)48(65)57-54(72)28-35-24-37(26-38(55)25-35)36-16-17-43-40(27-36)41(47(62(43)11-2)39-14-12-20-56-45(39)34(5)69-9)29-52(6,7)31-70-49(66)42-15-13-21-63(58-42)50(54)67/h10,12,14,16-17,20,24-27,33-34,42,46,58H,1,11,13,15,18-19,21-23,28-32H2,2-9H3,(H,57,65)/t34-,42-,46-,54?/m0/s1. The zero-order chi connectivity index (χ0) is 51.9. The van der Waals surface area contributed by atoms with Crippen LogP contribution in [-0.4, -0.2) is 146 Å². The molecule has 2 N–H and O–H groups in total. The van der Waals surface area contributed by atoms with E-state index in [2.05, 4.69) is 65.0 Å². The number of methoxy groups -OCH3 is 1. The summed E-state index contributed by atoms with van der Waals surface area (Å²) in [7, 11) is 7.00. The highest BCUT2D eigenvalue weighted by Gasteiger charge is 2.47. The average molecular weight is 1000 g/mol. The summed E-state index contributed by atoms with van der Waals surface area (Å²) < 4.78 is 36.5. The predicted octanol–water partition coefficient (Wildman–Crippen LogP) is 6.29. The second-order valence-corrected chi connectivity index (χ2v) is 21.9. The third kappa shape index (κ3) is 10.5. The minimum absolute atomic E-state index is 0.0693. The topological polar surface area (TPSA) is 168 Å². The summed E-state index contributed by atoms with van der Waals surface area (Å²) in [5, 5.41) is 3.34. The molecule has 2 aromatic heterocycles. The molecule has 4 aromatic rings. The molecule has 6 bridgehead atoms. The van der Waals surface area contributed by atoms with Crippen LogP contribution in [0.4, 0.5) is 9.18 Å². The number of likely N-dealkylation sites (N-methyl/N-ethyl adjacent to an activating group) is 1. The molecule has 72 heavy (non-hydrogen) atoms. The number of carbonyl (C=O) groups excluding carboxylic acids is 5. The Morgan fingerprint density at radius 1 is 1.06 bits per heavy atom. The van der Waals surface area contributed by atoms with Gasteiger partial charge in [0.1, 0.15) is 29.8 Å². The van der Waals surface area contributed by atoms with Crippen molar-refractivity contribution in [2.45, 2.75) is 116 Å². The first-order valence-corrected chi connectivity index (χ1v) is 25.5. The number of rotatable bonds is 9. The van der Waals surface area contributed by atoms with Crippen LogP contribution in [0.5, 0.6) is 0 Å². The summed E-state index contributed by atoms with van der Waals surface area (Å²) in [5.74, 6) is -2.92. The molecular formula is C54H68FN8O8Si. The number of aryl methyl sites for hydroxylation is 1. The number of nitrogens with one attached hydrogen (secondary N) is 2. The molecule has 4 atom stereocenters. The average Bonchev–Trinajstić information content (AvgIpc) is 3.91. The van der Waals surface area contributed by atoms with Crippen molar-refractivity contribution in [1.29, 1.82) is 0 Å². The van der Waals surface area contributed by atoms with Gasteiger partial charge in [-0.15, -0.1) is 0 Å². The van der Waals surface area contributed by atoms with Gasteiger partial charge in [-0.25, -0.2) is 14.6 Å². The van der Waals surface area contributed by atoms with Gasteiger partial charge in [0.25, 0.3) is 5.91 Å². The number of amides is 5. The van der Waals surface area contributed by atoms with Crippen molar-refractivity contribution < 1.29 is 42.6 Å². The Labute approximate surface area is 425 Å². The molecule has 4 aliphatic heterocycles. The minimum Gasteiger partial charge on any atom is -0.464 e. The molecule has 6 heterocycles. The van der Waals surface area contributed by atoms with E-state index in [9.17, 15) is 19.2 Å². The van der Waals surface area contributed by atoms with Gasteiger partial charge < -0.3 is 38.8 Å². The van der Waals surface area contributed by atoms with Crippen LogP contribution in [0, 0.1) is 17.2 Å². The fourth-order valence-corrected chi connectivity index (χ4v) is 11.4. The number of urea groups is 1. The van der Waals surface area contributed by atoms with Crippen LogP contribution in [0.15, 0.2) is 67.4 Å². The van der Waals surface area contributed by atoms with E-state index < -0.39 is 57.8 Å². The lowest BCUT2D eigenvalue weighted by Crippen LogP contribution is -2.69. The first-order valence-electron chi connectivity index (χ1n) is 25.0. The van der Waals surface area contributed by atoms with Gasteiger partial charge in [0.15, 0.2) is 0 Å². The molecular weight excluding hydrogens is 936 g/mol. The number of benzene rings is 2. The smallest absolute Gasteiger partial charge is 0.324 e. The first kappa shape index (κ1) is 52.4. The maximum atomic E-state index is 16.2. The molecule has 383 valence electrons. The molecule has 4 aliphatic rings. The van der Waals surface area contributed by atoms with E-state index in [0.29, 0.717) is 69.4 Å². The molecule has 1 unspecified atom stereocenters. The molecule has 2 aromatic carbocycles. The van der Waals surface area contributed by atoms with E-state index in [1.165, 1.54) is 28.1 Å². The molecule has 0 aliphatic carbocycles. The highest BCUT2D eigenvalue weighted by atomic mass is 28.1. The van der Waals surface area contributed by atoms with Crippen molar-refractivity contribution in [2.75, 3.05) is 53.7 Å². The van der Waals surface area contributed by atoms with Gasteiger partial charge in [-0.1, -0.05) is 46.4 Å². The highest BCUT2D eigenvalue weighted by Crippen LogP contribution is 2.42. The molecule has 1 spiro atoms. The van der Waals surface area contributed by atoms with Crippen molar-refractivity contribution in [3.63, 3.8) is 0 Å². The Hall–Kier alpha value is -5.95. The molecule has 0 saturated carbocycles. The van der Waals surface area contributed by atoms with Crippen LogP contribution in [0.25, 0.3) is 33.3 Å². The minimum atomic E-state index is -1.90. The Morgan fingerprint density at radius 2 is 1.81 bits per heavy atom. The number of likely N-dealkylation sites (tertiary alicyclic amines) is 1. The lowest BCUT2D eigenvalue weighted by atomic mass is 9.84. The quantitative estimate of drug-likeness (QED) is 0.111. The van der Waals surface area contributed by atoms with Crippen molar-refractivity contribution in [2.24, 2.45) is 11.3 Å². The van der Waals surface area contributed by atoms with Crippen LogP contribution in [0.3, 0.4) is 0 Å². The zero-order valence-electron chi connectivity index (χ0n) is 42.8. The second kappa shape index (κ2) is 20.9. The fraction of sp³-hybridized carbons (Fsp3) is 0.519. The number of esters is 1. The summed E-state index contributed by atoms with van der Waals surface area (Å²) >= 11 is 0. The predicted molar refractivity (Wildman–Crippen MR) is 271 cm³/mol. The molecule has 18 heteroatoms. The van der Waals surface area contributed by atoms with Gasteiger partial charge in [-0.05, 0) is 117 Å². The Morgan fingerprint density at radius 3 is 2.50 bits per heavy atom. The largest absolute Gasteiger partial charge is 0.464 e. The summed E-state index contributed by atoms with van der Waals surface area (Å²) in [6, 6.07) is 12.4. The lowest BCUT2D eigenvalue weighted by Gasteiger charge is -2.42.